The van der Waals surface area contributed by atoms with Crippen molar-refractivity contribution in [3.63, 3.8) is 0 Å². The Morgan fingerprint density at radius 1 is 1.46 bits per heavy atom. The van der Waals surface area contributed by atoms with Crippen LogP contribution in [0, 0.1) is 24.2 Å². The monoisotopic (exact) mass is 354 g/mol. The first-order valence-electron chi connectivity index (χ1n) is 9.20. The minimum absolute atomic E-state index is 0.252. The molecular formula is C20H26N4O2. The minimum Gasteiger partial charge on any atom is -0.443 e. The van der Waals surface area contributed by atoms with Crippen LogP contribution in [0.2, 0.25) is 0 Å². The number of carbonyl (C=O) groups is 1. The molecule has 0 radical (unpaired) electrons. The third-order valence-electron chi connectivity index (χ3n) is 5.11. The molecule has 1 aliphatic heterocycles. The van der Waals surface area contributed by atoms with Crippen LogP contribution in [0.3, 0.4) is 0 Å². The van der Waals surface area contributed by atoms with E-state index in [0.717, 1.165) is 13.1 Å². The predicted molar refractivity (Wildman–Crippen MR) is 99.3 cm³/mol. The summed E-state index contributed by atoms with van der Waals surface area (Å²) in [5.41, 5.74) is 0.603. The third kappa shape index (κ3) is 3.68. The summed E-state index contributed by atoms with van der Waals surface area (Å²) in [6.07, 6.45) is 6.07. The van der Waals surface area contributed by atoms with Crippen molar-refractivity contribution in [2.75, 3.05) is 19.6 Å². The Balaban J connectivity index is 1.71. The molecule has 26 heavy (non-hydrogen) atoms. The van der Waals surface area contributed by atoms with Crippen molar-refractivity contribution in [1.29, 1.82) is 5.26 Å². The summed E-state index contributed by atoms with van der Waals surface area (Å²) in [5, 5.41) is 12.5. The van der Waals surface area contributed by atoms with Gasteiger partial charge >= 0.3 is 0 Å². The molecule has 0 saturated carbocycles. The summed E-state index contributed by atoms with van der Waals surface area (Å²) in [6.45, 7) is 8.83. The number of rotatable bonds is 5. The van der Waals surface area contributed by atoms with E-state index in [1.165, 1.54) is 12.8 Å². The van der Waals surface area contributed by atoms with Crippen LogP contribution in [0.5, 0.6) is 0 Å². The van der Waals surface area contributed by atoms with Crippen molar-refractivity contribution < 1.29 is 9.21 Å². The van der Waals surface area contributed by atoms with E-state index in [2.05, 4.69) is 30.1 Å². The number of aromatic nitrogens is 1. The second kappa shape index (κ2) is 7.79. The Morgan fingerprint density at radius 2 is 2.19 bits per heavy atom. The van der Waals surface area contributed by atoms with E-state index in [9.17, 15) is 10.1 Å². The van der Waals surface area contributed by atoms with Gasteiger partial charge in [-0.05, 0) is 51.3 Å². The van der Waals surface area contributed by atoms with Crippen LogP contribution < -0.4 is 5.32 Å². The van der Waals surface area contributed by atoms with Crippen LogP contribution in [0.25, 0.3) is 5.88 Å². The van der Waals surface area contributed by atoms with Gasteiger partial charge in [-0.2, -0.15) is 5.26 Å². The van der Waals surface area contributed by atoms with Crippen LogP contribution in [0.4, 0.5) is 0 Å². The Morgan fingerprint density at radius 3 is 2.85 bits per heavy atom. The molecule has 1 amide bonds. The summed E-state index contributed by atoms with van der Waals surface area (Å²) in [5.74, 6) is 1.30. The lowest BCUT2D eigenvalue weighted by atomic mass is 9.99. The minimum atomic E-state index is -0.252. The third-order valence-corrected chi connectivity index (χ3v) is 5.11. The average molecular weight is 354 g/mol. The molecule has 0 bridgehead atoms. The molecule has 1 fully saturated rings. The van der Waals surface area contributed by atoms with Crippen molar-refractivity contribution >= 4 is 5.91 Å². The molecule has 1 N–H and O–H groups in total. The standard InChI is InChI=1S/C20H26N4O2/c1-14-7-6-10-24(13-14)15(2)12-22-19(25)18-16(3)26-20(17(18)11-21)23-8-4-5-9-23/h4-5,8-9,14-15H,6-7,10,12-13H2,1-3H3,(H,22,25). The highest BCUT2D eigenvalue weighted by Crippen LogP contribution is 2.25. The maximum Gasteiger partial charge on any atom is 0.256 e. The van der Waals surface area contributed by atoms with E-state index in [1.807, 2.05) is 12.1 Å². The molecule has 138 valence electrons. The molecule has 2 aromatic rings. The summed E-state index contributed by atoms with van der Waals surface area (Å²) in [4.78, 5) is 15.2. The number of amides is 1. The molecule has 6 nitrogen and oxygen atoms in total. The van der Waals surface area contributed by atoms with Crippen molar-refractivity contribution in [3.8, 4) is 12.0 Å². The molecule has 2 unspecified atom stereocenters. The second-order valence-electron chi connectivity index (χ2n) is 7.22. The zero-order valence-corrected chi connectivity index (χ0v) is 15.7. The van der Waals surface area contributed by atoms with E-state index in [4.69, 9.17) is 4.42 Å². The van der Waals surface area contributed by atoms with Gasteiger partial charge in [0.2, 0.25) is 5.88 Å². The molecule has 0 aromatic carbocycles. The first kappa shape index (κ1) is 18.3. The highest BCUT2D eigenvalue weighted by Gasteiger charge is 2.26. The predicted octanol–water partition coefficient (Wildman–Crippen LogP) is 3.10. The van der Waals surface area contributed by atoms with Crippen LogP contribution in [-0.4, -0.2) is 41.1 Å². The maximum atomic E-state index is 12.7. The number of carbonyl (C=O) groups excluding carboxylic acids is 1. The normalized spacial score (nSPS) is 19.1. The van der Waals surface area contributed by atoms with Gasteiger partial charge in [0.1, 0.15) is 23.0 Å². The number of nitriles is 1. The second-order valence-corrected chi connectivity index (χ2v) is 7.22. The number of nitrogens with one attached hydrogen (secondary N) is 1. The summed E-state index contributed by atoms with van der Waals surface area (Å²) in [7, 11) is 0. The van der Waals surface area contributed by atoms with Gasteiger partial charge in [-0.15, -0.1) is 0 Å². The van der Waals surface area contributed by atoms with Gasteiger partial charge in [0, 0.05) is 31.5 Å². The molecule has 3 rings (SSSR count). The van der Waals surface area contributed by atoms with Crippen molar-refractivity contribution in [3.05, 3.63) is 41.4 Å². The largest absolute Gasteiger partial charge is 0.443 e. The van der Waals surface area contributed by atoms with E-state index < -0.39 is 0 Å². The fourth-order valence-corrected chi connectivity index (χ4v) is 3.64. The SMILES string of the molecule is Cc1oc(-n2cccc2)c(C#N)c1C(=O)NCC(C)N1CCCC(C)C1. The van der Waals surface area contributed by atoms with Gasteiger partial charge in [-0.25, -0.2) is 0 Å². The number of aryl methyl sites for hydroxylation is 1. The van der Waals surface area contributed by atoms with E-state index in [0.29, 0.717) is 29.7 Å². The van der Waals surface area contributed by atoms with Gasteiger partial charge in [-0.3, -0.25) is 14.3 Å². The lowest BCUT2D eigenvalue weighted by Crippen LogP contribution is -2.46. The van der Waals surface area contributed by atoms with Crippen LogP contribution in [0.15, 0.2) is 28.9 Å². The molecular weight excluding hydrogens is 328 g/mol. The zero-order chi connectivity index (χ0) is 18.7. The summed E-state index contributed by atoms with van der Waals surface area (Å²) < 4.78 is 7.42. The first-order valence-corrected chi connectivity index (χ1v) is 9.20. The molecule has 2 atom stereocenters. The average Bonchev–Trinajstić information content (AvgIpc) is 3.26. The van der Waals surface area contributed by atoms with Gasteiger partial charge in [-0.1, -0.05) is 6.92 Å². The fraction of sp³-hybridized carbons (Fsp3) is 0.500. The van der Waals surface area contributed by atoms with Gasteiger partial charge in [0.25, 0.3) is 5.91 Å². The number of hydrogen-bond donors (Lipinski definition) is 1. The van der Waals surface area contributed by atoms with Crippen molar-refractivity contribution in [2.24, 2.45) is 5.92 Å². The van der Waals surface area contributed by atoms with Crippen molar-refractivity contribution in [1.82, 2.24) is 14.8 Å². The highest BCUT2D eigenvalue weighted by atomic mass is 16.4. The van der Waals surface area contributed by atoms with Crippen LogP contribution >= 0.6 is 0 Å². The molecule has 3 heterocycles. The lowest BCUT2D eigenvalue weighted by molar-refractivity contribution is 0.0916. The number of piperidine rings is 1. The first-order chi connectivity index (χ1) is 12.5. The smallest absolute Gasteiger partial charge is 0.256 e. The van der Waals surface area contributed by atoms with E-state index >= 15 is 0 Å². The van der Waals surface area contributed by atoms with E-state index in [1.54, 1.807) is 23.9 Å². The van der Waals surface area contributed by atoms with Crippen LogP contribution in [0.1, 0.15) is 48.4 Å². The highest BCUT2D eigenvalue weighted by molar-refractivity contribution is 5.98. The number of likely N-dealkylation sites (tertiary alicyclic amines) is 1. The van der Waals surface area contributed by atoms with Gasteiger partial charge < -0.3 is 9.73 Å². The number of nitrogens with zero attached hydrogens (tertiary/aromatic N) is 3. The lowest BCUT2D eigenvalue weighted by Gasteiger charge is -2.35. The summed E-state index contributed by atoms with van der Waals surface area (Å²) >= 11 is 0. The van der Waals surface area contributed by atoms with Crippen molar-refractivity contribution in [2.45, 2.75) is 39.7 Å². The fourth-order valence-electron chi connectivity index (χ4n) is 3.64. The molecule has 2 aromatic heterocycles. The Hall–Kier alpha value is -2.52. The molecule has 0 spiro atoms. The molecule has 1 aliphatic rings. The number of furan rings is 1. The van der Waals surface area contributed by atoms with Gasteiger partial charge in [0.15, 0.2) is 0 Å². The Labute approximate surface area is 154 Å². The Bertz CT molecular complexity index is 801. The van der Waals surface area contributed by atoms with Crippen LogP contribution in [-0.2, 0) is 0 Å². The Kier molecular flexibility index (Phi) is 5.48. The molecule has 0 aliphatic carbocycles. The quantitative estimate of drug-likeness (QED) is 0.895. The molecule has 6 heteroatoms. The van der Waals surface area contributed by atoms with Gasteiger partial charge in [0.05, 0.1) is 0 Å². The summed E-state index contributed by atoms with van der Waals surface area (Å²) in [6, 6.07) is 6.09. The number of hydrogen-bond acceptors (Lipinski definition) is 4. The topological polar surface area (TPSA) is 74.2 Å². The van der Waals surface area contributed by atoms with E-state index in [-0.39, 0.29) is 17.5 Å². The zero-order valence-electron chi connectivity index (χ0n) is 15.7. The maximum absolute atomic E-state index is 12.7. The molecule has 1 saturated heterocycles.